The number of carbonyl (C=O) groups excluding carboxylic acids is 1. The number of hydrogen-bond donors (Lipinski definition) is 1. The van der Waals surface area contributed by atoms with Crippen LogP contribution < -0.4 is 0 Å². The highest BCUT2D eigenvalue weighted by atomic mass is 35.5. The number of benzene rings is 1. The number of aliphatic hydroxyl groups excluding tert-OH is 1. The lowest BCUT2D eigenvalue weighted by Crippen LogP contribution is -2.29. The molecule has 0 saturated carbocycles. The molecule has 1 aliphatic heterocycles. The van der Waals surface area contributed by atoms with Crippen LogP contribution in [0, 0.1) is 5.82 Å². The first-order valence-electron chi connectivity index (χ1n) is 5.01. The molecule has 5 heteroatoms. The van der Waals surface area contributed by atoms with Gasteiger partial charge in [0.15, 0.2) is 0 Å². The molecule has 1 N–H and O–H groups in total. The summed E-state index contributed by atoms with van der Waals surface area (Å²) in [6, 6.07) is 4.14. The molecule has 1 aromatic rings. The van der Waals surface area contributed by atoms with Crippen LogP contribution in [0.15, 0.2) is 18.2 Å². The van der Waals surface area contributed by atoms with Gasteiger partial charge in [0.2, 0.25) is 0 Å². The number of hydrogen-bond acceptors (Lipinski definition) is 2. The van der Waals surface area contributed by atoms with E-state index in [1.807, 2.05) is 0 Å². The molecule has 1 aromatic carbocycles. The lowest BCUT2D eigenvalue weighted by molar-refractivity contribution is 0.0764. The predicted molar refractivity (Wildman–Crippen MR) is 57.9 cm³/mol. The van der Waals surface area contributed by atoms with Gasteiger partial charge >= 0.3 is 0 Å². The molecule has 0 bridgehead atoms. The largest absolute Gasteiger partial charge is 0.391 e. The van der Waals surface area contributed by atoms with Gasteiger partial charge < -0.3 is 10.0 Å². The van der Waals surface area contributed by atoms with E-state index in [0.717, 1.165) is 0 Å². The maximum absolute atomic E-state index is 13.2. The molecule has 1 atom stereocenters. The van der Waals surface area contributed by atoms with E-state index in [1.165, 1.54) is 23.1 Å². The topological polar surface area (TPSA) is 40.5 Å². The number of aliphatic hydroxyl groups is 1. The quantitative estimate of drug-likeness (QED) is 0.815. The number of amides is 1. The number of halogens is 2. The van der Waals surface area contributed by atoms with E-state index >= 15 is 0 Å². The molecule has 0 aliphatic carbocycles. The maximum Gasteiger partial charge on any atom is 0.255 e. The van der Waals surface area contributed by atoms with E-state index in [4.69, 9.17) is 11.6 Å². The SMILES string of the molecule is O=C(c1cccc(F)c1Cl)N1CC[C@H](O)C1. The van der Waals surface area contributed by atoms with Crippen LogP contribution in [0.3, 0.4) is 0 Å². The van der Waals surface area contributed by atoms with Gasteiger partial charge in [-0.05, 0) is 18.6 Å². The molecule has 86 valence electrons. The van der Waals surface area contributed by atoms with Crippen molar-refractivity contribution in [1.29, 1.82) is 0 Å². The smallest absolute Gasteiger partial charge is 0.255 e. The van der Waals surface area contributed by atoms with Gasteiger partial charge in [0.05, 0.1) is 16.7 Å². The highest BCUT2D eigenvalue weighted by Crippen LogP contribution is 2.22. The van der Waals surface area contributed by atoms with Gasteiger partial charge in [0.25, 0.3) is 5.91 Å². The third-order valence-electron chi connectivity index (χ3n) is 2.63. The molecule has 1 saturated heterocycles. The summed E-state index contributed by atoms with van der Waals surface area (Å²) in [5.41, 5.74) is 0.149. The first-order chi connectivity index (χ1) is 7.59. The second-order valence-electron chi connectivity index (χ2n) is 3.80. The predicted octanol–water partition coefficient (Wildman–Crippen LogP) is 1.69. The minimum atomic E-state index is -0.604. The second kappa shape index (κ2) is 4.39. The van der Waals surface area contributed by atoms with Crippen molar-refractivity contribution >= 4 is 17.5 Å². The van der Waals surface area contributed by atoms with Crippen LogP contribution in [-0.2, 0) is 0 Å². The first kappa shape index (κ1) is 11.4. The van der Waals surface area contributed by atoms with Gasteiger partial charge in [-0.15, -0.1) is 0 Å². The Bertz CT molecular complexity index is 424. The van der Waals surface area contributed by atoms with Gasteiger partial charge in [-0.1, -0.05) is 17.7 Å². The fourth-order valence-electron chi connectivity index (χ4n) is 1.77. The second-order valence-corrected chi connectivity index (χ2v) is 4.17. The average molecular weight is 244 g/mol. The van der Waals surface area contributed by atoms with E-state index in [-0.39, 0.29) is 23.0 Å². The van der Waals surface area contributed by atoms with Gasteiger partial charge in [0, 0.05) is 13.1 Å². The van der Waals surface area contributed by atoms with Crippen molar-refractivity contribution < 1.29 is 14.3 Å². The van der Waals surface area contributed by atoms with Crippen LogP contribution in [-0.4, -0.2) is 35.1 Å². The van der Waals surface area contributed by atoms with Gasteiger partial charge in [-0.2, -0.15) is 0 Å². The molecule has 0 radical (unpaired) electrons. The summed E-state index contributed by atoms with van der Waals surface area (Å²) in [5, 5.41) is 9.16. The third-order valence-corrected chi connectivity index (χ3v) is 3.02. The fourth-order valence-corrected chi connectivity index (χ4v) is 1.97. The van der Waals surface area contributed by atoms with Crippen molar-refractivity contribution in [2.24, 2.45) is 0 Å². The van der Waals surface area contributed by atoms with Crippen molar-refractivity contribution in [1.82, 2.24) is 4.90 Å². The number of carbonyl (C=O) groups is 1. The van der Waals surface area contributed by atoms with E-state index < -0.39 is 11.9 Å². The number of nitrogens with zero attached hydrogens (tertiary/aromatic N) is 1. The van der Waals surface area contributed by atoms with Crippen LogP contribution in [0.25, 0.3) is 0 Å². The molecule has 0 spiro atoms. The van der Waals surface area contributed by atoms with Crippen LogP contribution in [0.1, 0.15) is 16.8 Å². The minimum Gasteiger partial charge on any atom is -0.391 e. The van der Waals surface area contributed by atoms with Crippen molar-refractivity contribution in [2.75, 3.05) is 13.1 Å². The number of likely N-dealkylation sites (tertiary alicyclic amines) is 1. The van der Waals surface area contributed by atoms with Crippen LogP contribution >= 0.6 is 11.6 Å². The van der Waals surface area contributed by atoms with Gasteiger partial charge in [-0.25, -0.2) is 4.39 Å². The summed E-state index contributed by atoms with van der Waals surface area (Å²) in [4.78, 5) is 13.4. The van der Waals surface area contributed by atoms with E-state index in [2.05, 4.69) is 0 Å². The molecule has 0 unspecified atom stereocenters. The summed E-state index contributed by atoms with van der Waals surface area (Å²) in [5.74, 6) is -0.937. The Morgan fingerprint density at radius 2 is 2.31 bits per heavy atom. The molecule has 1 fully saturated rings. The number of rotatable bonds is 1. The summed E-state index contributed by atoms with van der Waals surface area (Å²) in [6.07, 6.45) is 0.0647. The van der Waals surface area contributed by atoms with Crippen molar-refractivity contribution in [3.05, 3.63) is 34.6 Å². The molecule has 1 aliphatic rings. The molecule has 2 rings (SSSR count). The Morgan fingerprint density at radius 1 is 1.56 bits per heavy atom. The van der Waals surface area contributed by atoms with Crippen LogP contribution in [0.2, 0.25) is 5.02 Å². The normalized spacial score (nSPS) is 20.2. The monoisotopic (exact) mass is 243 g/mol. The van der Waals surface area contributed by atoms with Crippen molar-refractivity contribution in [3.8, 4) is 0 Å². The van der Waals surface area contributed by atoms with Gasteiger partial charge in [0.1, 0.15) is 5.82 Å². The molecule has 3 nitrogen and oxygen atoms in total. The summed E-state index contributed by atoms with van der Waals surface area (Å²) < 4.78 is 13.2. The molecular formula is C11H11ClFNO2. The standard InChI is InChI=1S/C11H11ClFNO2/c12-10-8(2-1-3-9(10)13)11(16)14-5-4-7(15)6-14/h1-3,7,15H,4-6H2/t7-/m0/s1. The minimum absolute atomic E-state index is 0.149. The zero-order valence-corrected chi connectivity index (χ0v) is 9.25. The Hall–Kier alpha value is -1.13. The van der Waals surface area contributed by atoms with Crippen molar-refractivity contribution in [3.63, 3.8) is 0 Å². The Balaban J connectivity index is 2.24. The Labute approximate surface area is 97.4 Å². The lowest BCUT2D eigenvalue weighted by Gasteiger charge is -2.16. The van der Waals surface area contributed by atoms with Crippen molar-refractivity contribution in [2.45, 2.75) is 12.5 Å². The van der Waals surface area contributed by atoms with E-state index in [9.17, 15) is 14.3 Å². The zero-order chi connectivity index (χ0) is 11.7. The average Bonchev–Trinajstić information content (AvgIpc) is 2.68. The molecule has 1 amide bonds. The first-order valence-corrected chi connectivity index (χ1v) is 5.38. The lowest BCUT2D eigenvalue weighted by atomic mass is 10.2. The van der Waals surface area contributed by atoms with Crippen LogP contribution in [0.5, 0.6) is 0 Å². The van der Waals surface area contributed by atoms with E-state index in [1.54, 1.807) is 0 Å². The Kier molecular flexibility index (Phi) is 3.12. The molecule has 16 heavy (non-hydrogen) atoms. The Morgan fingerprint density at radius 3 is 2.94 bits per heavy atom. The highest BCUT2D eigenvalue weighted by Gasteiger charge is 2.27. The number of β-amino-alcohol motifs (C(OH)–C–C–N with tert-alkyl or cyclic N) is 1. The zero-order valence-electron chi connectivity index (χ0n) is 8.49. The summed E-state index contributed by atoms with van der Waals surface area (Å²) in [7, 11) is 0. The molecule has 0 aromatic heterocycles. The highest BCUT2D eigenvalue weighted by molar-refractivity contribution is 6.34. The van der Waals surface area contributed by atoms with Gasteiger partial charge in [-0.3, -0.25) is 4.79 Å². The fraction of sp³-hybridized carbons (Fsp3) is 0.364. The van der Waals surface area contributed by atoms with E-state index in [0.29, 0.717) is 13.0 Å². The third kappa shape index (κ3) is 2.03. The summed E-state index contributed by atoms with van der Waals surface area (Å²) >= 11 is 5.72. The van der Waals surface area contributed by atoms with Crippen LogP contribution in [0.4, 0.5) is 4.39 Å². The maximum atomic E-state index is 13.2. The summed E-state index contributed by atoms with van der Waals surface area (Å²) in [6.45, 7) is 0.762. The molecule has 1 heterocycles. The molecular weight excluding hydrogens is 233 g/mol.